The highest BCUT2D eigenvalue weighted by atomic mass is 16.5. The molecule has 1 heterocycles. The Morgan fingerprint density at radius 1 is 1.35 bits per heavy atom. The lowest BCUT2D eigenvalue weighted by Gasteiger charge is -2.15. The Kier molecular flexibility index (Phi) is 2.18. The fraction of sp³-hybridized carbons (Fsp3) is 0.143. The zero-order valence-electron chi connectivity index (χ0n) is 9.38. The molecule has 0 fully saturated rings. The largest absolute Gasteiger partial charge is 0.468 e. The molecule has 1 atom stereocenters. The molecule has 0 bridgehead atoms. The predicted molar refractivity (Wildman–Crippen MR) is 66.2 cm³/mol. The second-order valence-corrected chi connectivity index (χ2v) is 3.98. The molecule has 0 amide bonds. The van der Waals surface area contributed by atoms with Gasteiger partial charge in [-0.25, -0.2) is 0 Å². The van der Waals surface area contributed by atoms with E-state index in [-0.39, 0.29) is 11.9 Å². The maximum absolute atomic E-state index is 11.7. The first-order valence-corrected chi connectivity index (χ1v) is 5.46. The van der Waals surface area contributed by atoms with Crippen LogP contribution in [0.1, 0.15) is 5.56 Å². The van der Waals surface area contributed by atoms with Gasteiger partial charge in [-0.05, 0) is 6.07 Å². The molecule has 0 N–H and O–H groups in total. The molecule has 0 saturated heterocycles. The number of hydrogen-bond donors (Lipinski definition) is 0. The molecule has 1 aliphatic carbocycles. The minimum absolute atomic E-state index is 0.265. The molecule has 0 aromatic heterocycles. The van der Waals surface area contributed by atoms with Crippen molar-refractivity contribution in [1.29, 1.82) is 0 Å². The third kappa shape index (κ3) is 1.43. The number of allylic oxidation sites excluding steroid dienone is 3. The fourth-order valence-corrected chi connectivity index (χ4v) is 2.21. The Morgan fingerprint density at radius 3 is 3.00 bits per heavy atom. The average Bonchev–Trinajstić information content (AvgIpc) is 2.76. The van der Waals surface area contributed by atoms with Crippen LogP contribution in [0, 0.1) is 5.92 Å². The van der Waals surface area contributed by atoms with Crippen LogP contribution in [0.25, 0.3) is 5.57 Å². The van der Waals surface area contributed by atoms with Crippen molar-refractivity contribution in [3.8, 4) is 0 Å². The third-order valence-corrected chi connectivity index (χ3v) is 3.03. The third-order valence-electron chi connectivity index (χ3n) is 3.03. The highest BCUT2D eigenvalue weighted by molar-refractivity contribution is 6.35. The highest BCUT2D eigenvalue weighted by Crippen LogP contribution is 2.38. The first kappa shape index (κ1) is 10.0. The number of aliphatic imine (C=N–C) groups is 1. The van der Waals surface area contributed by atoms with Gasteiger partial charge in [-0.2, -0.15) is 0 Å². The fourth-order valence-electron chi connectivity index (χ4n) is 2.21. The van der Waals surface area contributed by atoms with Gasteiger partial charge in [-0.3, -0.25) is 9.79 Å². The summed E-state index contributed by atoms with van der Waals surface area (Å²) in [6.45, 7) is 0. The molecule has 3 rings (SSSR count). The van der Waals surface area contributed by atoms with Crippen LogP contribution in [0.3, 0.4) is 0 Å². The number of nitrogens with zero attached hydrogens (tertiary/aromatic N) is 1. The van der Waals surface area contributed by atoms with E-state index < -0.39 is 0 Å². The lowest BCUT2D eigenvalue weighted by Crippen LogP contribution is -2.24. The van der Waals surface area contributed by atoms with Crippen LogP contribution in [0.15, 0.2) is 47.5 Å². The summed E-state index contributed by atoms with van der Waals surface area (Å²) in [5.74, 6) is -0.647. The Bertz CT molecular complexity index is 582. The zero-order chi connectivity index (χ0) is 11.8. The quantitative estimate of drug-likeness (QED) is 0.689. The summed E-state index contributed by atoms with van der Waals surface area (Å²) in [6.07, 6.45) is 5.70. The molecule has 0 radical (unpaired) electrons. The number of fused-ring (bicyclic) bond motifs is 3. The van der Waals surface area contributed by atoms with E-state index in [9.17, 15) is 4.79 Å². The number of ether oxygens (including phenoxy) is 1. The molecular formula is C14H11NO2. The summed E-state index contributed by atoms with van der Waals surface area (Å²) in [5.41, 5.74) is 3.83. The van der Waals surface area contributed by atoms with E-state index in [4.69, 9.17) is 4.74 Å². The standard InChI is InChI=1S/C14H11NO2/c1-17-14(16)11-7-4-6-10-9-5-2-3-8-12(9)15-13(10)11/h2-8,11H,1H3. The molecule has 17 heavy (non-hydrogen) atoms. The van der Waals surface area contributed by atoms with Gasteiger partial charge in [-0.1, -0.05) is 36.4 Å². The summed E-state index contributed by atoms with van der Waals surface area (Å²) in [7, 11) is 1.40. The van der Waals surface area contributed by atoms with Gasteiger partial charge in [0.25, 0.3) is 0 Å². The molecular weight excluding hydrogens is 214 g/mol. The van der Waals surface area contributed by atoms with E-state index in [1.165, 1.54) is 7.11 Å². The summed E-state index contributed by atoms with van der Waals surface area (Å²) >= 11 is 0. The summed E-state index contributed by atoms with van der Waals surface area (Å²) in [5, 5.41) is 0. The van der Waals surface area contributed by atoms with Gasteiger partial charge >= 0.3 is 5.97 Å². The Balaban J connectivity index is 2.09. The van der Waals surface area contributed by atoms with E-state index in [2.05, 4.69) is 4.99 Å². The van der Waals surface area contributed by atoms with Crippen LogP contribution in [0.5, 0.6) is 0 Å². The van der Waals surface area contributed by atoms with Gasteiger partial charge in [-0.15, -0.1) is 0 Å². The Labute approximate surface area is 99.1 Å². The molecule has 1 aliphatic heterocycles. The smallest absolute Gasteiger partial charge is 0.318 e. The van der Waals surface area contributed by atoms with Crippen LogP contribution in [0.4, 0.5) is 5.69 Å². The topological polar surface area (TPSA) is 38.7 Å². The number of hydrogen-bond acceptors (Lipinski definition) is 3. The van der Waals surface area contributed by atoms with Crippen molar-refractivity contribution in [2.45, 2.75) is 0 Å². The predicted octanol–water partition coefficient (Wildman–Crippen LogP) is 2.52. The van der Waals surface area contributed by atoms with Gasteiger partial charge < -0.3 is 4.74 Å². The van der Waals surface area contributed by atoms with Crippen molar-refractivity contribution in [3.05, 3.63) is 48.1 Å². The summed E-state index contributed by atoms with van der Waals surface area (Å²) in [6, 6.07) is 7.89. The molecule has 1 unspecified atom stereocenters. The van der Waals surface area contributed by atoms with Crippen molar-refractivity contribution in [2.24, 2.45) is 10.9 Å². The zero-order valence-corrected chi connectivity index (χ0v) is 9.38. The summed E-state index contributed by atoms with van der Waals surface area (Å²) < 4.78 is 4.80. The van der Waals surface area contributed by atoms with Crippen molar-refractivity contribution >= 4 is 22.9 Å². The number of para-hydroxylation sites is 1. The lowest BCUT2D eigenvalue weighted by atomic mass is 9.89. The molecule has 3 nitrogen and oxygen atoms in total. The van der Waals surface area contributed by atoms with Crippen LogP contribution in [-0.2, 0) is 9.53 Å². The normalized spacial score (nSPS) is 20.2. The second-order valence-electron chi connectivity index (χ2n) is 3.98. The van der Waals surface area contributed by atoms with Crippen molar-refractivity contribution in [1.82, 2.24) is 0 Å². The van der Waals surface area contributed by atoms with E-state index in [1.54, 1.807) is 0 Å². The van der Waals surface area contributed by atoms with Gasteiger partial charge in [0.1, 0.15) is 5.92 Å². The van der Waals surface area contributed by atoms with Gasteiger partial charge in [0.05, 0.1) is 18.5 Å². The van der Waals surface area contributed by atoms with Crippen LogP contribution in [-0.4, -0.2) is 18.8 Å². The number of rotatable bonds is 1. The highest BCUT2D eigenvalue weighted by Gasteiger charge is 2.32. The van der Waals surface area contributed by atoms with Crippen molar-refractivity contribution < 1.29 is 9.53 Å². The number of esters is 1. The van der Waals surface area contributed by atoms with Gasteiger partial charge in [0, 0.05) is 11.1 Å². The number of carbonyl (C=O) groups is 1. The minimum atomic E-state index is -0.382. The van der Waals surface area contributed by atoms with Crippen molar-refractivity contribution in [3.63, 3.8) is 0 Å². The first-order valence-electron chi connectivity index (χ1n) is 5.46. The molecule has 2 aliphatic rings. The molecule has 1 aromatic rings. The minimum Gasteiger partial charge on any atom is -0.468 e. The van der Waals surface area contributed by atoms with E-state index in [1.807, 2.05) is 42.5 Å². The molecule has 0 spiro atoms. The molecule has 1 aromatic carbocycles. The van der Waals surface area contributed by atoms with Crippen LogP contribution < -0.4 is 0 Å². The van der Waals surface area contributed by atoms with E-state index >= 15 is 0 Å². The number of methoxy groups -OCH3 is 1. The molecule has 3 heteroatoms. The average molecular weight is 225 g/mol. The number of benzene rings is 1. The Morgan fingerprint density at radius 2 is 2.18 bits per heavy atom. The van der Waals surface area contributed by atoms with E-state index in [0.717, 1.165) is 22.5 Å². The van der Waals surface area contributed by atoms with Crippen molar-refractivity contribution in [2.75, 3.05) is 7.11 Å². The monoisotopic (exact) mass is 225 g/mol. The Hall–Kier alpha value is -2.16. The number of carbonyl (C=O) groups excluding carboxylic acids is 1. The lowest BCUT2D eigenvalue weighted by molar-refractivity contribution is -0.141. The maximum Gasteiger partial charge on any atom is 0.318 e. The maximum atomic E-state index is 11.7. The molecule has 84 valence electrons. The molecule has 0 saturated carbocycles. The van der Waals surface area contributed by atoms with E-state index in [0.29, 0.717) is 0 Å². The van der Waals surface area contributed by atoms with Gasteiger partial charge in [0.15, 0.2) is 0 Å². The SMILES string of the molecule is COC(=O)C1C=CC=C2C1=Nc1ccccc12. The van der Waals surface area contributed by atoms with Gasteiger partial charge in [0.2, 0.25) is 0 Å². The second kappa shape index (κ2) is 3.70. The van der Waals surface area contributed by atoms with Crippen LogP contribution in [0.2, 0.25) is 0 Å². The first-order chi connectivity index (χ1) is 8.31. The summed E-state index contributed by atoms with van der Waals surface area (Å²) in [4.78, 5) is 16.2. The van der Waals surface area contributed by atoms with Crippen LogP contribution >= 0.6 is 0 Å².